The molecule has 6 nitrogen and oxygen atoms in total. The standard InChI is InChI=1S/C22H27FN2O4S/c1-5-25(6-2)30(27,28)19-11-9-18(10-12-19)16(3)24-22(26)14-8-17-7-13-21(29-4)20(23)15-17/h7-16H,5-6H2,1-4H3,(H,24,26)/b14-8+. The van der Waals surface area contributed by atoms with Gasteiger partial charge in [0.05, 0.1) is 18.0 Å². The average molecular weight is 435 g/mol. The van der Waals surface area contributed by atoms with Crippen molar-refractivity contribution in [3.05, 3.63) is 65.5 Å². The van der Waals surface area contributed by atoms with Crippen LogP contribution in [-0.2, 0) is 14.8 Å². The number of benzene rings is 2. The first kappa shape index (κ1) is 23.6. The molecule has 0 saturated heterocycles. The third-order valence-corrected chi connectivity index (χ3v) is 6.75. The molecule has 1 unspecified atom stereocenters. The summed E-state index contributed by atoms with van der Waals surface area (Å²) in [6.45, 7) is 6.18. The van der Waals surface area contributed by atoms with Crippen molar-refractivity contribution in [2.24, 2.45) is 0 Å². The normalized spacial score (nSPS) is 12.9. The molecule has 0 aliphatic carbocycles. The van der Waals surface area contributed by atoms with Crippen molar-refractivity contribution in [2.75, 3.05) is 20.2 Å². The molecule has 0 bridgehead atoms. The Hall–Kier alpha value is -2.71. The van der Waals surface area contributed by atoms with Crippen LogP contribution in [0.2, 0.25) is 0 Å². The molecule has 2 aromatic rings. The number of hydrogen-bond donors (Lipinski definition) is 1. The lowest BCUT2D eigenvalue weighted by molar-refractivity contribution is -0.117. The molecular formula is C22H27FN2O4S. The zero-order valence-corrected chi connectivity index (χ0v) is 18.4. The molecule has 2 rings (SSSR count). The number of ether oxygens (including phenoxy) is 1. The summed E-state index contributed by atoms with van der Waals surface area (Å²) in [6, 6.07) is 10.5. The van der Waals surface area contributed by atoms with Gasteiger partial charge in [-0.2, -0.15) is 4.31 Å². The van der Waals surface area contributed by atoms with E-state index in [0.29, 0.717) is 18.7 Å². The molecule has 162 valence electrons. The van der Waals surface area contributed by atoms with E-state index in [2.05, 4.69) is 5.32 Å². The first-order valence-electron chi connectivity index (χ1n) is 9.65. The molecule has 0 heterocycles. The van der Waals surface area contributed by atoms with Gasteiger partial charge in [-0.3, -0.25) is 4.79 Å². The van der Waals surface area contributed by atoms with Crippen LogP contribution >= 0.6 is 0 Å². The second-order valence-electron chi connectivity index (χ2n) is 6.62. The molecule has 0 fully saturated rings. The summed E-state index contributed by atoms with van der Waals surface area (Å²) in [5, 5.41) is 2.80. The maximum absolute atomic E-state index is 13.7. The molecule has 0 aliphatic heterocycles. The van der Waals surface area contributed by atoms with E-state index in [-0.39, 0.29) is 22.6 Å². The van der Waals surface area contributed by atoms with Gasteiger partial charge in [0.1, 0.15) is 0 Å². The van der Waals surface area contributed by atoms with Gasteiger partial charge in [0.2, 0.25) is 15.9 Å². The minimum atomic E-state index is -3.52. The number of nitrogens with zero attached hydrogens (tertiary/aromatic N) is 1. The van der Waals surface area contributed by atoms with Crippen molar-refractivity contribution >= 4 is 22.0 Å². The lowest BCUT2D eigenvalue weighted by Gasteiger charge is -2.19. The molecular weight excluding hydrogens is 407 g/mol. The van der Waals surface area contributed by atoms with E-state index in [1.54, 1.807) is 51.1 Å². The van der Waals surface area contributed by atoms with Crippen LogP contribution in [0.15, 0.2) is 53.4 Å². The Kier molecular flexibility index (Phi) is 8.14. The van der Waals surface area contributed by atoms with Crippen LogP contribution in [0.25, 0.3) is 6.08 Å². The fourth-order valence-electron chi connectivity index (χ4n) is 2.94. The Balaban J connectivity index is 2.04. The lowest BCUT2D eigenvalue weighted by Crippen LogP contribution is -2.30. The molecule has 0 saturated carbocycles. The molecule has 2 aromatic carbocycles. The fourth-order valence-corrected chi connectivity index (χ4v) is 4.40. The second-order valence-corrected chi connectivity index (χ2v) is 8.55. The van der Waals surface area contributed by atoms with Crippen molar-refractivity contribution in [1.82, 2.24) is 9.62 Å². The molecule has 0 aromatic heterocycles. The highest BCUT2D eigenvalue weighted by molar-refractivity contribution is 7.89. The fraction of sp³-hybridized carbons (Fsp3) is 0.318. The number of carbonyl (C=O) groups excluding carboxylic acids is 1. The highest BCUT2D eigenvalue weighted by Gasteiger charge is 2.21. The van der Waals surface area contributed by atoms with Crippen LogP contribution in [-0.4, -0.2) is 38.8 Å². The largest absolute Gasteiger partial charge is 0.494 e. The zero-order chi connectivity index (χ0) is 22.3. The Morgan fingerprint density at radius 3 is 2.33 bits per heavy atom. The molecule has 1 atom stereocenters. The number of carbonyl (C=O) groups is 1. The quantitative estimate of drug-likeness (QED) is 0.610. The van der Waals surface area contributed by atoms with E-state index >= 15 is 0 Å². The van der Waals surface area contributed by atoms with Gasteiger partial charge in [0.15, 0.2) is 11.6 Å². The lowest BCUT2D eigenvalue weighted by atomic mass is 10.1. The summed E-state index contributed by atoms with van der Waals surface area (Å²) in [5.41, 5.74) is 1.30. The molecule has 0 radical (unpaired) electrons. The van der Waals surface area contributed by atoms with Crippen LogP contribution < -0.4 is 10.1 Å². The first-order valence-corrected chi connectivity index (χ1v) is 11.1. The number of sulfonamides is 1. The van der Waals surface area contributed by atoms with Gasteiger partial charge >= 0.3 is 0 Å². The Morgan fingerprint density at radius 1 is 1.17 bits per heavy atom. The van der Waals surface area contributed by atoms with Crippen LogP contribution in [0.5, 0.6) is 5.75 Å². The SMILES string of the molecule is CCN(CC)S(=O)(=O)c1ccc(C(C)NC(=O)/C=C/c2ccc(OC)c(F)c2)cc1. The molecule has 1 N–H and O–H groups in total. The number of hydrogen-bond acceptors (Lipinski definition) is 4. The first-order chi connectivity index (χ1) is 14.2. The molecule has 1 amide bonds. The van der Waals surface area contributed by atoms with Gasteiger partial charge < -0.3 is 10.1 Å². The van der Waals surface area contributed by atoms with Crippen molar-refractivity contribution in [3.63, 3.8) is 0 Å². The number of halogens is 1. The maximum atomic E-state index is 13.7. The summed E-state index contributed by atoms with van der Waals surface area (Å²) < 4.78 is 45.1. The smallest absolute Gasteiger partial charge is 0.244 e. The monoisotopic (exact) mass is 434 g/mol. The number of rotatable bonds is 9. The van der Waals surface area contributed by atoms with Gasteiger partial charge in [-0.05, 0) is 48.4 Å². The summed E-state index contributed by atoms with van der Waals surface area (Å²) in [4.78, 5) is 12.4. The molecule has 0 aliphatic rings. The second kappa shape index (κ2) is 10.4. The molecule has 0 spiro atoms. The maximum Gasteiger partial charge on any atom is 0.244 e. The summed E-state index contributed by atoms with van der Waals surface area (Å²) in [7, 11) is -2.14. The molecule has 8 heteroatoms. The summed E-state index contributed by atoms with van der Waals surface area (Å²) in [6.07, 6.45) is 2.82. The molecule has 30 heavy (non-hydrogen) atoms. The minimum absolute atomic E-state index is 0.136. The Bertz CT molecular complexity index is 1000. The average Bonchev–Trinajstić information content (AvgIpc) is 2.73. The predicted molar refractivity (Wildman–Crippen MR) is 115 cm³/mol. The van der Waals surface area contributed by atoms with Crippen LogP contribution in [0.3, 0.4) is 0 Å². The van der Waals surface area contributed by atoms with Crippen molar-refractivity contribution in [3.8, 4) is 5.75 Å². The van der Waals surface area contributed by atoms with Crippen molar-refractivity contribution in [1.29, 1.82) is 0 Å². The minimum Gasteiger partial charge on any atom is -0.494 e. The predicted octanol–water partition coefficient (Wildman–Crippen LogP) is 3.76. The van der Waals surface area contributed by atoms with Gasteiger partial charge in [-0.15, -0.1) is 0 Å². The van der Waals surface area contributed by atoms with Gasteiger partial charge in [0.25, 0.3) is 0 Å². The Morgan fingerprint density at radius 2 is 1.80 bits per heavy atom. The number of nitrogens with one attached hydrogen (secondary N) is 1. The van der Waals surface area contributed by atoms with Crippen molar-refractivity contribution < 1.29 is 22.3 Å². The highest BCUT2D eigenvalue weighted by Crippen LogP contribution is 2.20. The van der Waals surface area contributed by atoms with Crippen molar-refractivity contribution in [2.45, 2.75) is 31.7 Å². The van der Waals surface area contributed by atoms with Crippen LogP contribution in [0.1, 0.15) is 37.9 Å². The van der Waals surface area contributed by atoms with Gasteiger partial charge in [-0.25, -0.2) is 12.8 Å². The van der Waals surface area contributed by atoms with E-state index in [4.69, 9.17) is 4.74 Å². The third kappa shape index (κ3) is 5.67. The topological polar surface area (TPSA) is 75.7 Å². The summed E-state index contributed by atoms with van der Waals surface area (Å²) >= 11 is 0. The van der Waals surface area contributed by atoms with Crippen LogP contribution in [0, 0.1) is 5.82 Å². The highest BCUT2D eigenvalue weighted by atomic mass is 32.2. The zero-order valence-electron chi connectivity index (χ0n) is 17.6. The summed E-state index contributed by atoms with van der Waals surface area (Å²) in [5.74, 6) is -0.719. The van der Waals surface area contributed by atoms with Crippen LogP contribution in [0.4, 0.5) is 4.39 Å². The van der Waals surface area contributed by atoms with E-state index < -0.39 is 15.8 Å². The number of amides is 1. The van der Waals surface area contributed by atoms with E-state index in [9.17, 15) is 17.6 Å². The third-order valence-electron chi connectivity index (χ3n) is 4.69. The number of methoxy groups -OCH3 is 1. The van der Waals surface area contributed by atoms with E-state index in [1.165, 1.54) is 35.7 Å². The van der Waals surface area contributed by atoms with Gasteiger partial charge in [-0.1, -0.05) is 32.0 Å². The van der Waals surface area contributed by atoms with Gasteiger partial charge in [0, 0.05) is 19.2 Å². The van der Waals surface area contributed by atoms with E-state index in [0.717, 1.165) is 5.56 Å². The van der Waals surface area contributed by atoms with E-state index in [1.807, 2.05) is 0 Å². The Labute approximate surface area is 177 Å².